The Morgan fingerprint density at radius 2 is 2.19 bits per heavy atom. The normalized spacial score (nSPS) is 12.2. The molecule has 1 rings (SSSR count). The SMILES string of the molecule is COCC(C(=O)O)c1cc(Cl)ccc1OC. The fraction of sp³-hybridized carbons (Fsp3) is 0.364. The van der Waals surface area contributed by atoms with Gasteiger partial charge in [-0.25, -0.2) is 0 Å². The minimum atomic E-state index is -0.970. The van der Waals surface area contributed by atoms with Gasteiger partial charge in [0.1, 0.15) is 11.7 Å². The lowest BCUT2D eigenvalue weighted by Gasteiger charge is -2.15. The second-order valence-electron chi connectivity index (χ2n) is 3.23. The molecule has 0 saturated carbocycles. The molecule has 0 amide bonds. The second-order valence-corrected chi connectivity index (χ2v) is 3.67. The van der Waals surface area contributed by atoms with Gasteiger partial charge < -0.3 is 14.6 Å². The zero-order chi connectivity index (χ0) is 12.1. The molecule has 0 aliphatic rings. The molecule has 0 spiro atoms. The van der Waals surface area contributed by atoms with Crippen LogP contribution in [0.2, 0.25) is 5.02 Å². The fourth-order valence-corrected chi connectivity index (χ4v) is 1.62. The van der Waals surface area contributed by atoms with Gasteiger partial charge in [0.05, 0.1) is 13.7 Å². The number of benzene rings is 1. The van der Waals surface area contributed by atoms with Crippen molar-refractivity contribution in [3.8, 4) is 5.75 Å². The summed E-state index contributed by atoms with van der Waals surface area (Å²) in [6.45, 7) is 0.0754. The summed E-state index contributed by atoms with van der Waals surface area (Å²) >= 11 is 5.83. The highest BCUT2D eigenvalue weighted by Gasteiger charge is 2.23. The monoisotopic (exact) mass is 244 g/mol. The molecule has 4 nitrogen and oxygen atoms in total. The van der Waals surface area contributed by atoms with E-state index in [2.05, 4.69) is 0 Å². The third kappa shape index (κ3) is 2.87. The Labute approximate surface area is 98.7 Å². The van der Waals surface area contributed by atoms with Gasteiger partial charge in [-0.15, -0.1) is 0 Å². The summed E-state index contributed by atoms with van der Waals surface area (Å²) in [6.07, 6.45) is 0. The van der Waals surface area contributed by atoms with Crippen molar-refractivity contribution in [1.82, 2.24) is 0 Å². The first-order chi connectivity index (χ1) is 7.60. The molecule has 1 aromatic rings. The molecule has 88 valence electrons. The molecule has 1 atom stereocenters. The van der Waals surface area contributed by atoms with E-state index in [0.717, 1.165) is 0 Å². The highest BCUT2D eigenvalue weighted by Crippen LogP contribution is 2.30. The van der Waals surface area contributed by atoms with Gasteiger partial charge >= 0.3 is 5.97 Å². The molecule has 1 aromatic carbocycles. The molecule has 0 radical (unpaired) electrons. The quantitative estimate of drug-likeness (QED) is 0.863. The third-order valence-electron chi connectivity index (χ3n) is 2.20. The minimum absolute atomic E-state index is 0.0754. The Balaban J connectivity index is 3.15. The Morgan fingerprint density at radius 3 is 2.69 bits per heavy atom. The number of hydrogen-bond acceptors (Lipinski definition) is 3. The lowest BCUT2D eigenvalue weighted by Crippen LogP contribution is -2.17. The van der Waals surface area contributed by atoms with E-state index in [1.807, 2.05) is 0 Å². The van der Waals surface area contributed by atoms with Gasteiger partial charge in [0, 0.05) is 17.7 Å². The zero-order valence-electron chi connectivity index (χ0n) is 9.07. The maximum atomic E-state index is 11.1. The molecule has 0 fully saturated rings. The predicted octanol–water partition coefficient (Wildman–Crippen LogP) is 2.16. The molecular weight excluding hydrogens is 232 g/mol. The van der Waals surface area contributed by atoms with Crippen LogP contribution in [0.4, 0.5) is 0 Å². The van der Waals surface area contributed by atoms with Gasteiger partial charge in [-0.2, -0.15) is 0 Å². The maximum absolute atomic E-state index is 11.1. The zero-order valence-corrected chi connectivity index (χ0v) is 9.82. The maximum Gasteiger partial charge on any atom is 0.313 e. The number of carboxylic acids is 1. The summed E-state index contributed by atoms with van der Waals surface area (Å²) in [5.41, 5.74) is 0.518. The van der Waals surface area contributed by atoms with E-state index in [-0.39, 0.29) is 6.61 Å². The third-order valence-corrected chi connectivity index (χ3v) is 2.43. The Hall–Kier alpha value is -1.26. The van der Waals surface area contributed by atoms with Crippen molar-refractivity contribution < 1.29 is 19.4 Å². The first kappa shape index (κ1) is 12.8. The van der Waals surface area contributed by atoms with Gasteiger partial charge in [-0.3, -0.25) is 4.79 Å². The molecule has 16 heavy (non-hydrogen) atoms. The average molecular weight is 245 g/mol. The summed E-state index contributed by atoms with van der Waals surface area (Å²) in [5.74, 6) is -1.25. The molecule has 0 aromatic heterocycles. The molecular formula is C11H13ClO4. The van der Waals surface area contributed by atoms with Gasteiger partial charge in [-0.05, 0) is 18.2 Å². The summed E-state index contributed by atoms with van der Waals surface area (Å²) in [4.78, 5) is 11.1. The Bertz CT molecular complexity index is 378. The smallest absolute Gasteiger partial charge is 0.313 e. The highest BCUT2D eigenvalue weighted by molar-refractivity contribution is 6.30. The van der Waals surface area contributed by atoms with Gasteiger partial charge in [-0.1, -0.05) is 11.6 Å². The van der Waals surface area contributed by atoms with E-state index in [4.69, 9.17) is 26.2 Å². The van der Waals surface area contributed by atoms with Gasteiger partial charge in [0.2, 0.25) is 0 Å². The summed E-state index contributed by atoms with van der Waals surface area (Å²) in [7, 11) is 2.94. The van der Waals surface area contributed by atoms with Crippen LogP contribution in [0.25, 0.3) is 0 Å². The van der Waals surface area contributed by atoms with E-state index in [1.54, 1.807) is 18.2 Å². The molecule has 0 heterocycles. The van der Waals surface area contributed by atoms with Gasteiger partial charge in [0.15, 0.2) is 0 Å². The first-order valence-corrected chi connectivity index (χ1v) is 5.03. The number of methoxy groups -OCH3 is 2. The molecule has 5 heteroatoms. The number of carboxylic acid groups (broad SMARTS) is 1. The van der Waals surface area contributed by atoms with Crippen LogP contribution in [-0.4, -0.2) is 31.9 Å². The number of carbonyl (C=O) groups is 1. The molecule has 0 aliphatic carbocycles. The summed E-state index contributed by atoms with van der Waals surface area (Å²) < 4.78 is 9.98. The van der Waals surface area contributed by atoms with Crippen LogP contribution in [0.1, 0.15) is 11.5 Å². The first-order valence-electron chi connectivity index (χ1n) is 4.65. The van der Waals surface area contributed by atoms with E-state index in [1.165, 1.54) is 14.2 Å². The number of aliphatic carboxylic acids is 1. The Morgan fingerprint density at radius 1 is 1.50 bits per heavy atom. The summed E-state index contributed by atoms with van der Waals surface area (Å²) in [5, 5.41) is 9.56. The van der Waals surface area contributed by atoms with Crippen molar-refractivity contribution in [1.29, 1.82) is 0 Å². The van der Waals surface area contributed by atoms with E-state index < -0.39 is 11.9 Å². The Kier molecular flexibility index (Phi) is 4.58. The van der Waals surface area contributed by atoms with Crippen molar-refractivity contribution in [2.45, 2.75) is 5.92 Å². The van der Waals surface area contributed by atoms with Crippen LogP contribution < -0.4 is 4.74 Å². The lowest BCUT2D eigenvalue weighted by molar-refractivity contribution is -0.140. The van der Waals surface area contributed by atoms with E-state index in [9.17, 15) is 4.79 Å². The topological polar surface area (TPSA) is 55.8 Å². The van der Waals surface area contributed by atoms with Crippen LogP contribution >= 0.6 is 11.6 Å². The number of rotatable bonds is 5. The minimum Gasteiger partial charge on any atom is -0.496 e. The largest absolute Gasteiger partial charge is 0.496 e. The van der Waals surface area contributed by atoms with Crippen LogP contribution in [0.5, 0.6) is 5.75 Å². The van der Waals surface area contributed by atoms with Crippen molar-refractivity contribution in [3.05, 3.63) is 28.8 Å². The number of hydrogen-bond donors (Lipinski definition) is 1. The van der Waals surface area contributed by atoms with Crippen molar-refractivity contribution in [2.24, 2.45) is 0 Å². The van der Waals surface area contributed by atoms with E-state index in [0.29, 0.717) is 16.3 Å². The van der Waals surface area contributed by atoms with Crippen molar-refractivity contribution in [2.75, 3.05) is 20.8 Å². The van der Waals surface area contributed by atoms with Gasteiger partial charge in [0.25, 0.3) is 0 Å². The van der Waals surface area contributed by atoms with Crippen LogP contribution in [0.15, 0.2) is 18.2 Å². The number of ether oxygens (including phenoxy) is 2. The van der Waals surface area contributed by atoms with Crippen LogP contribution in [0.3, 0.4) is 0 Å². The molecule has 1 N–H and O–H groups in total. The van der Waals surface area contributed by atoms with Crippen LogP contribution in [-0.2, 0) is 9.53 Å². The van der Waals surface area contributed by atoms with Crippen LogP contribution in [0, 0.1) is 0 Å². The molecule has 0 aliphatic heterocycles. The lowest BCUT2D eigenvalue weighted by atomic mass is 9.99. The predicted molar refractivity (Wildman–Crippen MR) is 60.3 cm³/mol. The second kappa shape index (κ2) is 5.72. The van der Waals surface area contributed by atoms with Crippen molar-refractivity contribution >= 4 is 17.6 Å². The van der Waals surface area contributed by atoms with Crippen molar-refractivity contribution in [3.63, 3.8) is 0 Å². The summed E-state index contributed by atoms with van der Waals surface area (Å²) in [6, 6.07) is 4.87. The van der Waals surface area contributed by atoms with E-state index >= 15 is 0 Å². The average Bonchev–Trinajstić information content (AvgIpc) is 2.25. The number of halogens is 1. The fourth-order valence-electron chi connectivity index (χ4n) is 1.44. The molecule has 1 unspecified atom stereocenters. The molecule has 0 saturated heterocycles. The molecule has 0 bridgehead atoms. The standard InChI is InChI=1S/C11H13ClO4/c1-15-6-9(11(13)14)8-5-7(12)3-4-10(8)16-2/h3-5,9H,6H2,1-2H3,(H,13,14). The highest BCUT2D eigenvalue weighted by atomic mass is 35.5.